The maximum Gasteiger partial charge on any atom is 0.120 e. The number of nitrogens with two attached hydrogens (primary N) is 1. The highest BCUT2D eigenvalue weighted by atomic mass is 79.9. The van der Waals surface area contributed by atoms with Crippen LogP contribution in [-0.4, -0.2) is 13.2 Å². The summed E-state index contributed by atoms with van der Waals surface area (Å²) in [6, 6.07) is 14.0. The molecule has 0 bridgehead atoms. The van der Waals surface area contributed by atoms with Crippen molar-refractivity contribution in [3.8, 4) is 11.5 Å². The summed E-state index contributed by atoms with van der Waals surface area (Å²) in [5, 5.41) is 0. The van der Waals surface area contributed by atoms with Gasteiger partial charge in [-0.15, -0.1) is 0 Å². The van der Waals surface area contributed by atoms with Gasteiger partial charge in [0.15, 0.2) is 0 Å². The van der Waals surface area contributed by atoms with Gasteiger partial charge in [0.25, 0.3) is 0 Å². The smallest absolute Gasteiger partial charge is 0.120 e. The van der Waals surface area contributed by atoms with Gasteiger partial charge < -0.3 is 15.2 Å². The van der Waals surface area contributed by atoms with Crippen LogP contribution in [0.5, 0.6) is 11.5 Å². The van der Waals surface area contributed by atoms with Crippen molar-refractivity contribution >= 4 is 15.9 Å². The minimum Gasteiger partial charge on any atom is -0.497 e. The van der Waals surface area contributed by atoms with Crippen molar-refractivity contribution in [1.29, 1.82) is 0 Å². The van der Waals surface area contributed by atoms with Gasteiger partial charge in [-0.25, -0.2) is 0 Å². The van der Waals surface area contributed by atoms with Crippen molar-refractivity contribution in [3.63, 3.8) is 0 Å². The number of hydrogen-bond donors (Lipinski definition) is 1. The second-order valence-electron chi connectivity index (χ2n) is 5.07. The summed E-state index contributed by atoms with van der Waals surface area (Å²) in [6.45, 7) is 2.51. The molecular formula is C17H20BrNO2. The second-order valence-corrected chi connectivity index (χ2v) is 5.93. The van der Waals surface area contributed by atoms with E-state index in [1.54, 1.807) is 7.11 Å². The van der Waals surface area contributed by atoms with Gasteiger partial charge in [-0.3, -0.25) is 0 Å². The molecule has 21 heavy (non-hydrogen) atoms. The molecule has 2 aromatic carbocycles. The van der Waals surface area contributed by atoms with Crippen molar-refractivity contribution in [2.75, 3.05) is 7.11 Å². The summed E-state index contributed by atoms with van der Waals surface area (Å²) in [7, 11) is 1.66. The van der Waals surface area contributed by atoms with Crippen LogP contribution in [0.4, 0.5) is 0 Å². The van der Waals surface area contributed by atoms with E-state index < -0.39 is 0 Å². The van der Waals surface area contributed by atoms with Crippen LogP contribution in [0.3, 0.4) is 0 Å². The molecule has 0 aliphatic rings. The molecular weight excluding hydrogens is 330 g/mol. The molecule has 0 spiro atoms. The van der Waals surface area contributed by atoms with Gasteiger partial charge in [0.1, 0.15) is 18.1 Å². The van der Waals surface area contributed by atoms with E-state index in [1.165, 1.54) is 0 Å². The molecule has 112 valence electrons. The first-order valence-electron chi connectivity index (χ1n) is 6.88. The fourth-order valence-corrected chi connectivity index (χ4v) is 2.48. The van der Waals surface area contributed by atoms with Crippen molar-refractivity contribution in [2.45, 2.75) is 26.0 Å². The molecule has 0 amide bonds. The first-order chi connectivity index (χ1) is 10.1. The highest BCUT2D eigenvalue weighted by molar-refractivity contribution is 9.10. The van der Waals surface area contributed by atoms with Gasteiger partial charge in [0, 0.05) is 10.5 Å². The first kappa shape index (κ1) is 15.9. The summed E-state index contributed by atoms with van der Waals surface area (Å²) >= 11 is 3.55. The summed E-state index contributed by atoms with van der Waals surface area (Å²) in [5.41, 5.74) is 8.10. The zero-order valence-corrected chi connectivity index (χ0v) is 13.9. The van der Waals surface area contributed by atoms with E-state index in [0.29, 0.717) is 6.61 Å². The van der Waals surface area contributed by atoms with Gasteiger partial charge in [0.2, 0.25) is 0 Å². The molecule has 0 heterocycles. The third-order valence-corrected chi connectivity index (χ3v) is 3.87. The lowest BCUT2D eigenvalue weighted by atomic mass is 10.1. The van der Waals surface area contributed by atoms with Gasteiger partial charge in [-0.1, -0.05) is 28.1 Å². The summed E-state index contributed by atoms with van der Waals surface area (Å²) in [4.78, 5) is 0. The van der Waals surface area contributed by atoms with E-state index >= 15 is 0 Å². The molecule has 0 aromatic heterocycles. The first-order valence-corrected chi connectivity index (χ1v) is 7.67. The van der Waals surface area contributed by atoms with Crippen molar-refractivity contribution < 1.29 is 9.47 Å². The van der Waals surface area contributed by atoms with Crippen LogP contribution in [0, 0.1) is 0 Å². The Labute approximate surface area is 134 Å². The molecule has 0 aliphatic heterocycles. The topological polar surface area (TPSA) is 44.5 Å². The van der Waals surface area contributed by atoms with Gasteiger partial charge in [-0.2, -0.15) is 0 Å². The van der Waals surface area contributed by atoms with E-state index in [1.807, 2.05) is 49.4 Å². The Bertz CT molecular complexity index is 599. The molecule has 0 radical (unpaired) electrons. The zero-order chi connectivity index (χ0) is 15.2. The predicted octanol–water partition coefficient (Wildman–Crippen LogP) is 3.93. The number of ether oxygens (including phenoxy) is 2. The Kier molecular flexibility index (Phi) is 5.65. The molecule has 0 saturated heterocycles. The molecule has 0 saturated carbocycles. The van der Waals surface area contributed by atoms with E-state index in [-0.39, 0.29) is 6.04 Å². The molecule has 2 rings (SSSR count). The van der Waals surface area contributed by atoms with Crippen LogP contribution in [0.1, 0.15) is 18.1 Å². The summed E-state index contributed by atoms with van der Waals surface area (Å²) in [6.07, 6.45) is 0.816. The van der Waals surface area contributed by atoms with E-state index in [9.17, 15) is 0 Å². The van der Waals surface area contributed by atoms with Crippen LogP contribution in [0.25, 0.3) is 0 Å². The largest absolute Gasteiger partial charge is 0.497 e. The Hall–Kier alpha value is -1.52. The number of methoxy groups -OCH3 is 1. The minimum atomic E-state index is 0.120. The van der Waals surface area contributed by atoms with Crippen LogP contribution < -0.4 is 15.2 Å². The normalized spacial score (nSPS) is 12.0. The minimum absolute atomic E-state index is 0.120. The number of rotatable bonds is 6. The summed E-state index contributed by atoms with van der Waals surface area (Å²) in [5.74, 6) is 1.68. The Morgan fingerprint density at radius 3 is 2.67 bits per heavy atom. The van der Waals surface area contributed by atoms with Gasteiger partial charge in [0.05, 0.1) is 7.11 Å². The number of halogens is 1. The molecule has 4 heteroatoms. The van der Waals surface area contributed by atoms with Crippen molar-refractivity contribution in [1.82, 2.24) is 0 Å². The Morgan fingerprint density at radius 1 is 1.14 bits per heavy atom. The van der Waals surface area contributed by atoms with E-state index in [4.69, 9.17) is 15.2 Å². The lowest BCUT2D eigenvalue weighted by Crippen LogP contribution is -2.18. The SMILES string of the molecule is COc1cccc(COc2ccc(Br)c(CC(C)N)c2)c1. The van der Waals surface area contributed by atoms with Crippen LogP contribution in [0.15, 0.2) is 46.9 Å². The zero-order valence-electron chi connectivity index (χ0n) is 12.3. The van der Waals surface area contributed by atoms with Crippen LogP contribution in [-0.2, 0) is 13.0 Å². The Morgan fingerprint density at radius 2 is 1.95 bits per heavy atom. The van der Waals surface area contributed by atoms with E-state index in [0.717, 1.165) is 33.5 Å². The molecule has 0 aliphatic carbocycles. The van der Waals surface area contributed by atoms with Gasteiger partial charge in [-0.05, 0) is 54.8 Å². The third kappa shape index (κ3) is 4.76. The fraction of sp³-hybridized carbons (Fsp3) is 0.294. The van der Waals surface area contributed by atoms with Crippen molar-refractivity contribution in [3.05, 3.63) is 58.1 Å². The lowest BCUT2D eigenvalue weighted by Gasteiger charge is -2.12. The highest BCUT2D eigenvalue weighted by Gasteiger charge is 2.06. The Balaban J connectivity index is 2.05. The molecule has 2 aromatic rings. The lowest BCUT2D eigenvalue weighted by molar-refractivity contribution is 0.305. The summed E-state index contributed by atoms with van der Waals surface area (Å²) < 4.78 is 12.1. The molecule has 1 unspecified atom stereocenters. The highest BCUT2D eigenvalue weighted by Crippen LogP contribution is 2.24. The molecule has 1 atom stereocenters. The van der Waals surface area contributed by atoms with E-state index in [2.05, 4.69) is 15.9 Å². The monoisotopic (exact) mass is 349 g/mol. The average Bonchev–Trinajstić information content (AvgIpc) is 2.48. The standard InChI is InChI=1S/C17H20BrNO2/c1-12(19)8-14-10-16(6-7-17(14)18)21-11-13-4-3-5-15(9-13)20-2/h3-7,9-10,12H,8,11,19H2,1-2H3. The second kappa shape index (κ2) is 7.48. The number of hydrogen-bond acceptors (Lipinski definition) is 3. The predicted molar refractivity (Wildman–Crippen MR) is 88.8 cm³/mol. The third-order valence-electron chi connectivity index (χ3n) is 3.10. The number of benzene rings is 2. The van der Waals surface area contributed by atoms with Crippen LogP contribution in [0.2, 0.25) is 0 Å². The van der Waals surface area contributed by atoms with Gasteiger partial charge >= 0.3 is 0 Å². The fourth-order valence-electron chi connectivity index (χ4n) is 2.07. The van der Waals surface area contributed by atoms with Crippen LogP contribution >= 0.6 is 15.9 Å². The molecule has 0 fully saturated rings. The average molecular weight is 350 g/mol. The molecule has 3 nitrogen and oxygen atoms in total. The maximum absolute atomic E-state index is 5.86. The quantitative estimate of drug-likeness (QED) is 0.859. The van der Waals surface area contributed by atoms with Crippen molar-refractivity contribution in [2.24, 2.45) is 5.73 Å². The molecule has 2 N–H and O–H groups in total. The maximum atomic E-state index is 5.86.